The first kappa shape index (κ1) is 43.9. The predicted molar refractivity (Wildman–Crippen MR) is 230 cm³/mol. The highest BCUT2D eigenvalue weighted by Gasteiger charge is 2.39. The van der Waals surface area contributed by atoms with Gasteiger partial charge in [0, 0.05) is 11.1 Å². The fourth-order valence-electron chi connectivity index (χ4n) is 5.71. The van der Waals surface area contributed by atoms with Gasteiger partial charge < -0.3 is 0 Å². The molecule has 0 bridgehead atoms. The van der Waals surface area contributed by atoms with Crippen LogP contribution in [0.5, 0.6) is 0 Å². The van der Waals surface area contributed by atoms with Gasteiger partial charge in [-0.3, -0.25) is 0 Å². The van der Waals surface area contributed by atoms with Crippen molar-refractivity contribution in [3.8, 4) is 0 Å². The Morgan fingerprint density at radius 1 is 0.317 bits per heavy atom. The Kier molecular flexibility index (Phi) is 12.3. The van der Waals surface area contributed by atoms with Crippen LogP contribution in [0, 0.1) is 0 Å². The van der Waals surface area contributed by atoms with Gasteiger partial charge in [-0.2, -0.15) is 52.7 Å². The van der Waals surface area contributed by atoms with Crippen LogP contribution in [0.1, 0.15) is 44.5 Å². The summed E-state index contributed by atoms with van der Waals surface area (Å²) in [6, 6.07) is 18.5. The Bertz CT molecular complexity index is 2320. The average Bonchev–Trinajstić information content (AvgIpc) is 3.93. The van der Waals surface area contributed by atoms with Crippen LogP contribution in [-0.2, 0) is 24.7 Å². The Morgan fingerprint density at radius 3 is 0.783 bits per heavy atom. The zero-order chi connectivity index (χ0) is 42.8. The Balaban J connectivity index is 1.15. The van der Waals surface area contributed by atoms with E-state index in [4.69, 9.17) is 0 Å². The number of hydrogen-bond donors (Lipinski definition) is 0. The molecule has 0 saturated heterocycles. The molecule has 4 aliphatic rings. The molecule has 20 heteroatoms. The van der Waals surface area contributed by atoms with Crippen molar-refractivity contribution in [1.82, 2.24) is 0 Å². The molecule has 4 heterocycles. The molecule has 60 heavy (non-hydrogen) atoms. The third-order valence-electron chi connectivity index (χ3n) is 8.55. The monoisotopic (exact) mass is 982 g/mol. The van der Waals surface area contributed by atoms with E-state index in [9.17, 15) is 52.7 Å². The summed E-state index contributed by atoms with van der Waals surface area (Å²) >= 11 is 10.9. The first-order valence-corrected chi connectivity index (χ1v) is 23.3. The summed E-state index contributed by atoms with van der Waals surface area (Å²) in [6.07, 6.45) is -14.7. The fraction of sp³-hybridized carbons (Fsp3) is 0.100. The lowest BCUT2D eigenvalue weighted by molar-refractivity contribution is -0.138. The molecule has 0 unspecified atom stereocenters. The maximum atomic E-state index is 13.8. The second-order valence-corrected chi connectivity index (χ2v) is 23.0. The first-order chi connectivity index (χ1) is 28.2. The van der Waals surface area contributed by atoms with Crippen LogP contribution in [0.2, 0.25) is 0 Å². The lowest BCUT2D eigenvalue weighted by Crippen LogP contribution is -2.05. The number of allylic oxidation sites excluding steroid dienone is 2. The first-order valence-electron chi connectivity index (χ1n) is 16.7. The van der Waals surface area contributed by atoms with Crippen LogP contribution in [-0.4, -0.2) is 0 Å². The van der Waals surface area contributed by atoms with Crippen molar-refractivity contribution in [2.75, 3.05) is 0 Å². The smallest absolute Gasteiger partial charge is 0.166 e. The normalized spacial score (nSPS) is 17.2. The van der Waals surface area contributed by atoms with Crippen LogP contribution < -0.4 is 0 Å². The van der Waals surface area contributed by atoms with Crippen LogP contribution in [0.4, 0.5) is 52.7 Å². The molecule has 4 aromatic rings. The summed E-state index contributed by atoms with van der Waals surface area (Å²) in [5, 5.41) is 0. The van der Waals surface area contributed by atoms with E-state index in [0.717, 1.165) is 74.0 Å². The quantitative estimate of drug-likeness (QED) is 0.179. The minimum absolute atomic E-state index is 0.383. The number of thioether (sulfide) groups is 8. The van der Waals surface area contributed by atoms with Gasteiger partial charge in [0.05, 0.1) is 56.2 Å². The van der Waals surface area contributed by atoms with Crippen molar-refractivity contribution >= 4 is 117 Å². The molecule has 0 nitrogen and oxygen atoms in total. The number of benzene rings is 4. The molecule has 0 atom stereocenters. The van der Waals surface area contributed by atoms with Gasteiger partial charge in [-0.15, -0.1) is 0 Å². The lowest BCUT2D eigenvalue weighted by Gasteiger charge is -2.20. The molecule has 0 radical (unpaired) electrons. The van der Waals surface area contributed by atoms with E-state index >= 15 is 0 Å². The maximum Gasteiger partial charge on any atom is 0.416 e. The molecule has 0 amide bonds. The molecule has 0 spiro atoms. The number of alkyl halides is 12. The minimum Gasteiger partial charge on any atom is -0.166 e. The predicted octanol–water partition coefficient (Wildman–Crippen LogP) is 18.0. The van der Waals surface area contributed by atoms with Crippen molar-refractivity contribution in [3.63, 3.8) is 0 Å². The maximum absolute atomic E-state index is 13.8. The summed E-state index contributed by atoms with van der Waals surface area (Å²) in [5.74, 6) is 0. The SMILES string of the molecule is FC(F)(F)c1ccc(C=C2SC3=C(S2)SC(=C(C(=C2SC4=C(SC(=Cc5ccc(C(F)(F)F)cc5)S4)S2)c2ccc(C(F)(F)F)cc2)c2ccc(C(F)(F)F)cc2)S3)cc1. The third kappa shape index (κ3) is 9.75. The van der Waals surface area contributed by atoms with Gasteiger partial charge in [0.25, 0.3) is 0 Å². The van der Waals surface area contributed by atoms with Crippen molar-refractivity contribution in [1.29, 1.82) is 0 Å². The Labute approximate surface area is 367 Å². The molecule has 8 rings (SSSR count). The molecular weight excluding hydrogens is 965 g/mol. The fourth-order valence-corrected chi connectivity index (χ4v) is 18.5. The number of rotatable bonds is 5. The molecule has 4 aliphatic heterocycles. The lowest BCUT2D eigenvalue weighted by atomic mass is 9.93. The second kappa shape index (κ2) is 16.8. The standard InChI is InChI=1S/C40H18F12S8/c41-37(42,43)23-9-1-19(2-10-23)17-27-53-33-34(54-27)58-31(57-33)29(21-5-13-25(14-6-21)39(47,48)49)30(22-7-15-26(16-8-22)40(50,51)52)32-59-35-36(60-32)56-28(55-35)18-20-3-11-24(12-4-20)38(44,45)46/h1-18H. The largest absolute Gasteiger partial charge is 0.416 e. The topological polar surface area (TPSA) is 0 Å². The van der Waals surface area contributed by atoms with Gasteiger partial charge in [0.1, 0.15) is 0 Å². The highest BCUT2D eigenvalue weighted by Crippen LogP contribution is 2.71. The van der Waals surface area contributed by atoms with Gasteiger partial charge in [-0.05, 0) is 82.9 Å². The molecule has 0 N–H and O–H groups in total. The van der Waals surface area contributed by atoms with E-state index in [2.05, 4.69) is 0 Å². The number of halogens is 12. The van der Waals surface area contributed by atoms with E-state index in [0.29, 0.717) is 41.9 Å². The zero-order valence-corrected chi connectivity index (χ0v) is 35.7. The Morgan fingerprint density at radius 2 is 0.550 bits per heavy atom. The summed E-state index contributed by atoms with van der Waals surface area (Å²) in [4.78, 5) is 0. The number of hydrogen-bond acceptors (Lipinski definition) is 8. The van der Waals surface area contributed by atoms with E-state index < -0.39 is 47.0 Å². The minimum atomic E-state index is -4.63. The summed E-state index contributed by atoms with van der Waals surface area (Å²) < 4.78 is 167. The summed E-state index contributed by atoms with van der Waals surface area (Å²) in [5.41, 5.74) is -0.481. The van der Waals surface area contributed by atoms with Gasteiger partial charge >= 0.3 is 24.7 Å². The van der Waals surface area contributed by atoms with Crippen LogP contribution in [0.3, 0.4) is 0 Å². The highest BCUT2D eigenvalue weighted by molar-refractivity contribution is 8.49. The second-order valence-electron chi connectivity index (χ2n) is 12.6. The van der Waals surface area contributed by atoms with E-state index in [1.54, 1.807) is 12.2 Å². The molecule has 0 aromatic heterocycles. The van der Waals surface area contributed by atoms with E-state index in [1.807, 2.05) is 0 Å². The zero-order valence-electron chi connectivity index (χ0n) is 29.2. The molecule has 0 aliphatic carbocycles. The molecule has 4 aromatic carbocycles. The van der Waals surface area contributed by atoms with Gasteiger partial charge in [-0.25, -0.2) is 0 Å². The third-order valence-corrected chi connectivity index (χ3v) is 19.5. The van der Waals surface area contributed by atoms with Gasteiger partial charge in [0.2, 0.25) is 0 Å². The molecule has 0 fully saturated rings. The van der Waals surface area contributed by atoms with Crippen LogP contribution >= 0.6 is 94.1 Å². The molecule has 310 valence electrons. The van der Waals surface area contributed by atoms with Crippen molar-refractivity contribution in [2.24, 2.45) is 0 Å². The van der Waals surface area contributed by atoms with Crippen molar-refractivity contribution < 1.29 is 52.7 Å². The summed E-state index contributed by atoms with van der Waals surface area (Å²) in [7, 11) is 0. The summed E-state index contributed by atoms with van der Waals surface area (Å²) in [6.45, 7) is 0. The Hall–Kier alpha value is -2.72. The van der Waals surface area contributed by atoms with Crippen LogP contribution in [0.25, 0.3) is 23.3 Å². The van der Waals surface area contributed by atoms with Crippen molar-refractivity contribution in [3.05, 3.63) is 175 Å². The van der Waals surface area contributed by atoms with E-state index in [-0.39, 0.29) is 0 Å². The van der Waals surface area contributed by atoms with Gasteiger partial charge in [-0.1, -0.05) is 143 Å². The van der Waals surface area contributed by atoms with Gasteiger partial charge in [0.15, 0.2) is 0 Å². The van der Waals surface area contributed by atoms with E-state index in [1.165, 1.54) is 143 Å². The molecular formula is C40H18F12S8. The highest BCUT2D eigenvalue weighted by atomic mass is 32.3. The van der Waals surface area contributed by atoms with Crippen LogP contribution in [0.15, 0.2) is 131 Å². The average molecular weight is 983 g/mol. The van der Waals surface area contributed by atoms with Crippen molar-refractivity contribution in [2.45, 2.75) is 24.7 Å². The molecule has 0 saturated carbocycles.